The second-order valence-electron chi connectivity index (χ2n) is 18.0. The van der Waals surface area contributed by atoms with E-state index in [1.165, 1.54) is 49.1 Å². The van der Waals surface area contributed by atoms with Gasteiger partial charge in [-0.2, -0.15) is 4.98 Å². The van der Waals surface area contributed by atoms with Gasteiger partial charge in [0.2, 0.25) is 5.88 Å². The Labute approximate surface area is 366 Å². The number of alkyl halides is 1. The largest absolute Gasteiger partial charge is 0.483 e. The number of carbonyl (C=O) groups is 1. The molecule has 17 heteroatoms. The van der Waals surface area contributed by atoms with Crippen molar-refractivity contribution in [3.63, 3.8) is 0 Å². The average molecular weight is 881 g/mol. The predicted molar refractivity (Wildman–Crippen MR) is 236 cm³/mol. The first-order valence-corrected chi connectivity index (χ1v) is 23.4. The van der Waals surface area contributed by atoms with Crippen molar-refractivity contribution in [2.24, 2.45) is 5.41 Å². The molecular formula is C46H53FN8O7S. The second kappa shape index (κ2) is 17.1. The summed E-state index contributed by atoms with van der Waals surface area (Å²) in [4.78, 5) is 41.7. The molecule has 2 aromatic carbocycles. The number of carbonyl (C=O) groups excluding carboxylic acids is 1. The van der Waals surface area contributed by atoms with Crippen molar-refractivity contribution >= 4 is 38.5 Å². The van der Waals surface area contributed by atoms with Gasteiger partial charge in [0.05, 0.1) is 16.0 Å². The first-order valence-electron chi connectivity index (χ1n) is 21.9. The minimum absolute atomic E-state index is 0.129. The van der Waals surface area contributed by atoms with Crippen LogP contribution in [0.2, 0.25) is 0 Å². The number of aromatic amines is 1. The lowest BCUT2D eigenvalue weighted by Crippen LogP contribution is -2.55. The smallest absolute Gasteiger partial charge is 0.312 e. The minimum Gasteiger partial charge on any atom is -0.483 e. The molecule has 6 heterocycles. The zero-order valence-electron chi connectivity index (χ0n) is 35.5. The van der Waals surface area contributed by atoms with Gasteiger partial charge in [-0.15, -0.1) is 0 Å². The standard InChI is InChI=1S/C46H53FN8O7S/c1-30(2)35-6-3-4-7-36(35)38-8-5-21-54(38)32-26-45(27-32)16-22-53(23-17-45)41-12-10-37(44(51-41)62-33-24-31-13-18-49-42(31)50-28-33)43(56)52-63(59,60)34-9-11-40(39(25-34)55(57)58)61-29-46(47)14-19-48-20-15-46/h3-4,6-7,9-13,18,24-25,28,30,32,38,48H,5,8,14-17,19-23,26-27,29H2,1-2H3,(H,49,50)(H,52,56). The molecule has 15 nitrogen and oxygen atoms in total. The number of nitro groups is 1. The Morgan fingerprint density at radius 1 is 1.03 bits per heavy atom. The number of benzene rings is 2. The summed E-state index contributed by atoms with van der Waals surface area (Å²) < 4.78 is 56.3. The summed E-state index contributed by atoms with van der Waals surface area (Å²) in [7, 11) is -4.67. The predicted octanol–water partition coefficient (Wildman–Crippen LogP) is 7.96. The number of H-pyrrole nitrogens is 1. The molecule has 1 atom stereocenters. The molecular weight excluding hydrogens is 828 g/mol. The summed E-state index contributed by atoms with van der Waals surface area (Å²) >= 11 is 0. The van der Waals surface area contributed by atoms with Gasteiger partial charge >= 0.3 is 5.69 Å². The Balaban J connectivity index is 0.905. The van der Waals surface area contributed by atoms with E-state index >= 15 is 4.39 Å². The summed E-state index contributed by atoms with van der Waals surface area (Å²) in [6, 6.07) is 19.6. The van der Waals surface area contributed by atoms with E-state index < -0.39 is 43.7 Å². The van der Waals surface area contributed by atoms with Gasteiger partial charge in [-0.3, -0.25) is 19.8 Å². The molecule has 0 radical (unpaired) electrons. The molecule has 63 heavy (non-hydrogen) atoms. The highest BCUT2D eigenvalue weighted by molar-refractivity contribution is 7.90. The number of amides is 1. The number of likely N-dealkylation sites (tertiary alicyclic amines) is 1. The molecule has 1 saturated carbocycles. The van der Waals surface area contributed by atoms with Crippen molar-refractivity contribution in [3.8, 4) is 17.4 Å². The maximum absolute atomic E-state index is 15.2. The molecule has 1 unspecified atom stereocenters. The molecule has 3 aromatic heterocycles. The summed E-state index contributed by atoms with van der Waals surface area (Å²) in [5, 5.41) is 15.9. The van der Waals surface area contributed by atoms with Crippen molar-refractivity contribution < 1.29 is 32.0 Å². The number of ether oxygens (including phenoxy) is 2. The number of sulfonamides is 1. The molecule has 1 amide bonds. The third-order valence-electron chi connectivity index (χ3n) is 13.6. The van der Waals surface area contributed by atoms with Crippen molar-refractivity contribution in [3.05, 3.63) is 106 Å². The zero-order chi connectivity index (χ0) is 43.9. The number of piperidine rings is 2. The highest BCUT2D eigenvalue weighted by Crippen LogP contribution is 2.54. The average Bonchev–Trinajstić information content (AvgIpc) is 3.95. The molecule has 1 spiro atoms. The van der Waals surface area contributed by atoms with Crippen LogP contribution in [0.25, 0.3) is 11.0 Å². The van der Waals surface area contributed by atoms with Crippen LogP contribution in [0.5, 0.6) is 17.4 Å². The van der Waals surface area contributed by atoms with Gasteiger partial charge in [0, 0.05) is 42.8 Å². The Kier molecular flexibility index (Phi) is 11.6. The van der Waals surface area contributed by atoms with Crippen molar-refractivity contribution in [2.75, 3.05) is 44.2 Å². The number of aromatic nitrogens is 3. The van der Waals surface area contributed by atoms with E-state index in [0.717, 1.165) is 56.1 Å². The zero-order valence-corrected chi connectivity index (χ0v) is 36.3. The lowest BCUT2D eigenvalue weighted by Gasteiger charge is -2.56. The van der Waals surface area contributed by atoms with E-state index in [1.54, 1.807) is 18.3 Å². The topological polar surface area (TPSA) is 185 Å². The van der Waals surface area contributed by atoms with Crippen LogP contribution >= 0.6 is 0 Å². The quantitative estimate of drug-likeness (QED) is 0.0767. The van der Waals surface area contributed by atoms with Crippen LogP contribution in [-0.4, -0.2) is 90.1 Å². The van der Waals surface area contributed by atoms with Gasteiger partial charge in [-0.05, 0) is 130 Å². The van der Waals surface area contributed by atoms with E-state index in [4.69, 9.17) is 14.5 Å². The number of anilines is 1. The third kappa shape index (κ3) is 8.82. The Morgan fingerprint density at radius 3 is 2.57 bits per heavy atom. The van der Waals surface area contributed by atoms with Crippen molar-refractivity contribution in [1.82, 2.24) is 29.9 Å². The van der Waals surface area contributed by atoms with E-state index in [0.29, 0.717) is 42.6 Å². The number of pyridine rings is 2. The molecule has 332 valence electrons. The van der Waals surface area contributed by atoms with Gasteiger partial charge in [0.25, 0.3) is 15.9 Å². The monoisotopic (exact) mass is 880 g/mol. The lowest BCUT2D eigenvalue weighted by molar-refractivity contribution is -0.386. The fourth-order valence-corrected chi connectivity index (χ4v) is 11.0. The fourth-order valence-electron chi connectivity index (χ4n) is 10.0. The SMILES string of the molecule is CC(C)c1ccccc1C1CCCN1C1CC2(CCN(c3ccc(C(=O)NS(=O)(=O)c4ccc(OCC5(F)CCNCC5)c([N+](=O)[O-])c4)c(Oc4cnc5[nH]ccc5c4)n3)CC2)C1. The number of hydrogen-bond donors (Lipinski definition) is 3. The number of halogens is 1. The van der Waals surface area contributed by atoms with Crippen LogP contribution < -0.4 is 24.4 Å². The summed E-state index contributed by atoms with van der Waals surface area (Å²) in [5.74, 6) is -0.119. The van der Waals surface area contributed by atoms with Crippen LogP contribution in [0, 0.1) is 15.5 Å². The van der Waals surface area contributed by atoms with Crippen LogP contribution in [0.15, 0.2) is 84.0 Å². The number of hydrogen-bond acceptors (Lipinski definition) is 12. The minimum atomic E-state index is -4.67. The molecule has 4 aliphatic rings. The maximum Gasteiger partial charge on any atom is 0.312 e. The number of nitrogens with one attached hydrogen (secondary N) is 3. The summed E-state index contributed by atoms with van der Waals surface area (Å²) in [5.41, 5.74) is 1.29. The Hall–Kier alpha value is -5.65. The van der Waals surface area contributed by atoms with Crippen LogP contribution in [0.4, 0.5) is 15.9 Å². The first kappa shape index (κ1) is 42.6. The van der Waals surface area contributed by atoms with Crippen molar-refractivity contribution in [1.29, 1.82) is 0 Å². The van der Waals surface area contributed by atoms with E-state index in [1.807, 2.05) is 10.8 Å². The number of nitro benzene ring substituents is 1. The maximum atomic E-state index is 15.2. The Morgan fingerprint density at radius 2 is 1.81 bits per heavy atom. The molecule has 3 N–H and O–H groups in total. The Bertz CT molecular complexity index is 2620. The van der Waals surface area contributed by atoms with E-state index in [-0.39, 0.29) is 41.2 Å². The molecule has 3 aliphatic heterocycles. The van der Waals surface area contributed by atoms with Gasteiger partial charge in [0.15, 0.2) is 5.75 Å². The lowest BCUT2D eigenvalue weighted by atomic mass is 9.60. The molecule has 3 saturated heterocycles. The normalized spacial score (nSPS) is 20.2. The van der Waals surface area contributed by atoms with E-state index in [2.05, 4.69) is 63.2 Å². The number of nitrogens with zero attached hydrogens (tertiary/aromatic N) is 5. The van der Waals surface area contributed by atoms with E-state index in [9.17, 15) is 23.3 Å². The fraction of sp³-hybridized carbons (Fsp3) is 0.457. The molecule has 4 fully saturated rings. The molecule has 9 rings (SSSR count). The van der Waals surface area contributed by atoms with Gasteiger partial charge < -0.3 is 24.7 Å². The van der Waals surface area contributed by atoms with Crippen LogP contribution in [-0.2, 0) is 10.0 Å². The molecule has 5 aromatic rings. The summed E-state index contributed by atoms with van der Waals surface area (Å²) in [6.45, 7) is 7.66. The van der Waals surface area contributed by atoms with Gasteiger partial charge in [-0.25, -0.2) is 22.5 Å². The van der Waals surface area contributed by atoms with Crippen molar-refractivity contribution in [2.45, 2.75) is 93.8 Å². The summed E-state index contributed by atoms with van der Waals surface area (Å²) in [6.07, 6.45) is 10.3. The van der Waals surface area contributed by atoms with Gasteiger partial charge in [-0.1, -0.05) is 38.1 Å². The third-order valence-corrected chi connectivity index (χ3v) is 14.9. The number of fused-ring (bicyclic) bond motifs is 1. The van der Waals surface area contributed by atoms with Crippen LogP contribution in [0.1, 0.15) is 98.7 Å². The van der Waals surface area contributed by atoms with Crippen LogP contribution in [0.3, 0.4) is 0 Å². The molecule has 0 bridgehead atoms. The van der Waals surface area contributed by atoms with Gasteiger partial charge in [0.1, 0.15) is 35.1 Å². The first-order chi connectivity index (χ1) is 30.3. The molecule has 1 aliphatic carbocycles. The number of rotatable bonds is 13. The second-order valence-corrected chi connectivity index (χ2v) is 19.6. The highest BCUT2D eigenvalue weighted by Gasteiger charge is 2.50. The highest BCUT2D eigenvalue weighted by atomic mass is 32.2.